The van der Waals surface area contributed by atoms with Gasteiger partial charge in [0.25, 0.3) is 0 Å². The minimum atomic E-state index is -4.36. The van der Waals surface area contributed by atoms with Crippen LogP contribution in [0.2, 0.25) is 0 Å². The summed E-state index contributed by atoms with van der Waals surface area (Å²) in [5.74, 6) is 0. The highest BCUT2D eigenvalue weighted by Crippen LogP contribution is 2.36. The molecule has 0 amide bonds. The van der Waals surface area contributed by atoms with Gasteiger partial charge in [-0.2, -0.15) is 24.2 Å². The summed E-state index contributed by atoms with van der Waals surface area (Å²) in [7, 11) is 0. The number of para-hydroxylation sites is 1. The minimum Gasteiger partial charge on any atom is -0.277 e. The van der Waals surface area contributed by atoms with Crippen LogP contribution in [0.4, 0.5) is 18.9 Å². The Hall–Kier alpha value is -0.830. The van der Waals surface area contributed by atoms with E-state index in [1.54, 1.807) is 6.07 Å². The topological polar surface area (TPSA) is 30.5 Å². The van der Waals surface area contributed by atoms with E-state index in [1.807, 2.05) is 0 Å². The SMILES string of the molecule is FC(F)(F)c1ccccc1N1CN(Br)NN1. The summed E-state index contributed by atoms with van der Waals surface area (Å²) < 4.78 is 39.5. The van der Waals surface area contributed by atoms with E-state index in [9.17, 15) is 13.2 Å². The maximum atomic E-state index is 12.7. The fourth-order valence-corrected chi connectivity index (χ4v) is 1.70. The number of nitrogens with one attached hydrogen (secondary N) is 2. The molecule has 4 nitrogen and oxygen atoms in total. The number of anilines is 1. The van der Waals surface area contributed by atoms with Crippen LogP contribution >= 0.6 is 16.1 Å². The molecule has 0 aliphatic carbocycles. The second-order valence-electron chi connectivity index (χ2n) is 3.17. The third-order valence-electron chi connectivity index (χ3n) is 2.07. The van der Waals surface area contributed by atoms with Crippen molar-refractivity contribution in [1.29, 1.82) is 0 Å². The first kappa shape index (κ1) is 11.6. The maximum Gasteiger partial charge on any atom is 0.418 e. The lowest BCUT2D eigenvalue weighted by Gasteiger charge is -2.20. The van der Waals surface area contributed by atoms with Gasteiger partial charge < -0.3 is 0 Å². The number of hydrogen-bond acceptors (Lipinski definition) is 4. The number of halogens is 4. The summed E-state index contributed by atoms with van der Waals surface area (Å²) >= 11 is 3.09. The number of hydrogen-bond donors (Lipinski definition) is 2. The second-order valence-corrected chi connectivity index (χ2v) is 4.03. The number of alkyl halides is 3. The van der Waals surface area contributed by atoms with Crippen molar-refractivity contribution in [3.05, 3.63) is 29.8 Å². The average Bonchev–Trinajstić information content (AvgIpc) is 2.64. The van der Waals surface area contributed by atoms with E-state index in [-0.39, 0.29) is 12.4 Å². The Bertz CT molecular complexity index is 384. The van der Waals surface area contributed by atoms with Gasteiger partial charge in [0.05, 0.1) is 11.3 Å². The molecule has 0 unspecified atom stereocenters. The molecule has 16 heavy (non-hydrogen) atoms. The lowest BCUT2D eigenvalue weighted by Crippen LogP contribution is -2.37. The van der Waals surface area contributed by atoms with Gasteiger partial charge in [-0.1, -0.05) is 12.1 Å². The Morgan fingerprint density at radius 3 is 2.44 bits per heavy atom. The van der Waals surface area contributed by atoms with Crippen LogP contribution in [0, 0.1) is 0 Å². The van der Waals surface area contributed by atoms with E-state index >= 15 is 0 Å². The molecule has 1 aromatic carbocycles. The van der Waals surface area contributed by atoms with Crippen LogP contribution in [0.5, 0.6) is 0 Å². The van der Waals surface area contributed by atoms with E-state index in [2.05, 4.69) is 27.2 Å². The first-order valence-electron chi connectivity index (χ1n) is 4.37. The Kier molecular flexibility index (Phi) is 3.06. The Morgan fingerprint density at radius 2 is 1.88 bits per heavy atom. The normalized spacial score (nSPS) is 18.1. The molecule has 8 heteroatoms. The van der Waals surface area contributed by atoms with E-state index < -0.39 is 11.7 Å². The van der Waals surface area contributed by atoms with Gasteiger partial charge in [0.2, 0.25) is 0 Å². The summed E-state index contributed by atoms with van der Waals surface area (Å²) in [6, 6.07) is 5.38. The van der Waals surface area contributed by atoms with Crippen LogP contribution in [0.25, 0.3) is 0 Å². The molecule has 0 saturated carbocycles. The third-order valence-corrected chi connectivity index (χ3v) is 2.47. The lowest BCUT2D eigenvalue weighted by molar-refractivity contribution is -0.137. The summed E-state index contributed by atoms with van der Waals surface area (Å²) in [5, 5.41) is 1.34. The van der Waals surface area contributed by atoms with Crippen LogP contribution in [0.1, 0.15) is 5.56 Å². The molecular weight excluding hydrogens is 289 g/mol. The molecule has 0 spiro atoms. The van der Waals surface area contributed by atoms with E-state index in [1.165, 1.54) is 21.2 Å². The maximum absolute atomic E-state index is 12.7. The molecule has 2 N–H and O–H groups in total. The molecule has 0 aromatic heterocycles. The van der Waals surface area contributed by atoms with Crippen molar-refractivity contribution in [2.45, 2.75) is 6.18 Å². The monoisotopic (exact) mass is 296 g/mol. The summed E-state index contributed by atoms with van der Waals surface area (Å²) in [5.41, 5.74) is 4.60. The van der Waals surface area contributed by atoms with Crippen LogP contribution in [0.15, 0.2) is 24.3 Å². The van der Waals surface area contributed by atoms with Crippen LogP contribution < -0.4 is 16.1 Å². The number of benzene rings is 1. The van der Waals surface area contributed by atoms with Crippen molar-refractivity contribution in [1.82, 2.24) is 15.1 Å². The largest absolute Gasteiger partial charge is 0.418 e. The molecule has 1 saturated heterocycles. The first-order valence-corrected chi connectivity index (χ1v) is 5.08. The molecule has 1 aliphatic rings. The highest BCUT2D eigenvalue weighted by molar-refractivity contribution is 9.07. The number of rotatable bonds is 1. The van der Waals surface area contributed by atoms with Gasteiger partial charge in [0, 0.05) is 16.1 Å². The standard InChI is InChI=1S/C8H8BrF3N4/c9-16-5-15(13-14-16)7-4-2-1-3-6(7)8(10,11)12/h1-4,13-14H,5H2. The highest BCUT2D eigenvalue weighted by atomic mass is 79.9. The predicted octanol–water partition coefficient (Wildman–Crippen LogP) is 2.02. The smallest absolute Gasteiger partial charge is 0.277 e. The zero-order valence-corrected chi connectivity index (χ0v) is 9.51. The molecule has 1 heterocycles. The van der Waals surface area contributed by atoms with Crippen molar-refractivity contribution >= 4 is 21.8 Å². The Labute approximate surface area is 98.3 Å². The quantitative estimate of drug-likeness (QED) is 0.776. The molecule has 88 valence electrons. The second kappa shape index (κ2) is 4.21. The fraction of sp³-hybridized carbons (Fsp3) is 0.250. The Balaban J connectivity index is 2.34. The zero-order chi connectivity index (χ0) is 11.8. The molecule has 1 aliphatic heterocycles. The van der Waals surface area contributed by atoms with E-state index in [0.29, 0.717) is 0 Å². The van der Waals surface area contributed by atoms with Crippen molar-refractivity contribution in [3.63, 3.8) is 0 Å². The minimum absolute atomic E-state index is 0.0736. The molecule has 0 radical (unpaired) electrons. The first-order chi connectivity index (χ1) is 7.48. The predicted molar refractivity (Wildman–Crippen MR) is 55.8 cm³/mol. The van der Waals surface area contributed by atoms with Gasteiger partial charge >= 0.3 is 6.18 Å². The van der Waals surface area contributed by atoms with E-state index in [0.717, 1.165) is 6.07 Å². The fourth-order valence-electron chi connectivity index (χ4n) is 1.39. The summed E-state index contributed by atoms with van der Waals surface area (Å²) in [6.45, 7) is 0.243. The Morgan fingerprint density at radius 1 is 1.19 bits per heavy atom. The molecule has 2 rings (SSSR count). The van der Waals surface area contributed by atoms with Gasteiger partial charge in [-0.3, -0.25) is 5.01 Å². The van der Waals surface area contributed by atoms with Crippen molar-refractivity contribution in [2.24, 2.45) is 0 Å². The van der Waals surface area contributed by atoms with Gasteiger partial charge in [0.15, 0.2) is 0 Å². The molecule has 0 bridgehead atoms. The molecule has 1 fully saturated rings. The van der Waals surface area contributed by atoms with Crippen molar-refractivity contribution in [2.75, 3.05) is 11.7 Å². The van der Waals surface area contributed by atoms with Gasteiger partial charge in [0.1, 0.15) is 6.67 Å². The van der Waals surface area contributed by atoms with Gasteiger partial charge in [-0.05, 0) is 12.1 Å². The molecular formula is C8H8BrF3N4. The summed E-state index contributed by atoms with van der Waals surface area (Å²) in [4.78, 5) is 0. The van der Waals surface area contributed by atoms with Crippen molar-refractivity contribution in [3.8, 4) is 0 Å². The van der Waals surface area contributed by atoms with Gasteiger partial charge in [-0.15, -0.1) is 4.03 Å². The summed E-state index contributed by atoms with van der Waals surface area (Å²) in [6.07, 6.45) is -4.36. The van der Waals surface area contributed by atoms with Crippen molar-refractivity contribution < 1.29 is 13.2 Å². The van der Waals surface area contributed by atoms with Crippen LogP contribution in [-0.4, -0.2) is 10.7 Å². The highest BCUT2D eigenvalue weighted by Gasteiger charge is 2.35. The lowest BCUT2D eigenvalue weighted by atomic mass is 10.1. The van der Waals surface area contributed by atoms with E-state index in [4.69, 9.17) is 0 Å². The zero-order valence-electron chi connectivity index (χ0n) is 7.92. The van der Waals surface area contributed by atoms with Crippen LogP contribution in [-0.2, 0) is 6.18 Å². The molecule has 0 atom stereocenters. The number of nitrogens with zero attached hydrogens (tertiary/aromatic N) is 2. The molecule has 1 aromatic rings. The number of hydrazine groups is 3. The van der Waals surface area contributed by atoms with Crippen LogP contribution in [0.3, 0.4) is 0 Å². The average molecular weight is 297 g/mol. The third kappa shape index (κ3) is 2.29. The van der Waals surface area contributed by atoms with Gasteiger partial charge in [-0.25, -0.2) is 0 Å².